The van der Waals surface area contributed by atoms with Gasteiger partial charge in [-0.05, 0) is 49.3 Å². The standard InChI is InChI=1S/C23H28N4O2S/c1-16(22(29-2)20-7-3-4-8-24-20)10-17-6-5-9-27(14-17)23(28)18-11-21(30-15-18)19-12-25-26-13-19/h3-4,7-8,11-13,15-17,22H,5-6,9-10,14H2,1-2H3,(H,25,26). The molecular weight excluding hydrogens is 396 g/mol. The van der Waals surface area contributed by atoms with Gasteiger partial charge in [-0.2, -0.15) is 5.10 Å². The van der Waals surface area contributed by atoms with Crippen LogP contribution in [0.5, 0.6) is 0 Å². The van der Waals surface area contributed by atoms with Gasteiger partial charge in [0.15, 0.2) is 0 Å². The minimum absolute atomic E-state index is 0.0216. The summed E-state index contributed by atoms with van der Waals surface area (Å²) in [4.78, 5) is 20.7. The third-order valence-electron chi connectivity index (χ3n) is 5.89. The first-order valence-electron chi connectivity index (χ1n) is 10.5. The second kappa shape index (κ2) is 9.53. The average Bonchev–Trinajstić information content (AvgIpc) is 3.47. The summed E-state index contributed by atoms with van der Waals surface area (Å²) >= 11 is 1.58. The Hall–Kier alpha value is -2.51. The molecule has 1 saturated heterocycles. The first-order chi connectivity index (χ1) is 14.7. The van der Waals surface area contributed by atoms with Gasteiger partial charge in [-0.15, -0.1) is 11.3 Å². The van der Waals surface area contributed by atoms with Crippen molar-refractivity contribution in [2.45, 2.75) is 32.3 Å². The number of H-pyrrole nitrogens is 1. The monoisotopic (exact) mass is 424 g/mol. The normalized spacial score (nSPS) is 18.9. The number of thiophene rings is 1. The highest BCUT2D eigenvalue weighted by Crippen LogP contribution is 2.33. The van der Waals surface area contributed by atoms with Crippen LogP contribution in [0.25, 0.3) is 10.4 Å². The summed E-state index contributed by atoms with van der Waals surface area (Å²) < 4.78 is 5.77. The lowest BCUT2D eigenvalue weighted by Gasteiger charge is -2.35. The molecule has 158 valence electrons. The smallest absolute Gasteiger partial charge is 0.254 e. The number of rotatable bonds is 7. The van der Waals surface area contributed by atoms with E-state index < -0.39 is 0 Å². The van der Waals surface area contributed by atoms with Crippen molar-refractivity contribution in [3.05, 3.63) is 59.5 Å². The van der Waals surface area contributed by atoms with Gasteiger partial charge in [0, 0.05) is 48.4 Å². The molecule has 3 unspecified atom stereocenters. The van der Waals surface area contributed by atoms with Crippen molar-refractivity contribution in [3.63, 3.8) is 0 Å². The number of pyridine rings is 1. The van der Waals surface area contributed by atoms with Gasteiger partial charge in [-0.3, -0.25) is 14.9 Å². The summed E-state index contributed by atoms with van der Waals surface area (Å²) in [6.07, 6.45) is 8.64. The second-order valence-corrected chi connectivity index (χ2v) is 8.98. The van der Waals surface area contributed by atoms with Crippen LogP contribution in [0.2, 0.25) is 0 Å². The molecule has 3 aromatic rings. The van der Waals surface area contributed by atoms with Crippen LogP contribution < -0.4 is 0 Å². The Kier molecular flexibility index (Phi) is 6.59. The van der Waals surface area contributed by atoms with E-state index in [0.29, 0.717) is 11.8 Å². The number of nitrogens with one attached hydrogen (secondary N) is 1. The molecule has 6 nitrogen and oxygen atoms in total. The summed E-state index contributed by atoms with van der Waals surface area (Å²) in [6.45, 7) is 3.85. The molecule has 1 aliphatic rings. The zero-order valence-electron chi connectivity index (χ0n) is 17.5. The number of nitrogens with zero attached hydrogens (tertiary/aromatic N) is 3. The molecule has 3 aromatic heterocycles. The third kappa shape index (κ3) is 4.63. The maximum Gasteiger partial charge on any atom is 0.254 e. The second-order valence-electron chi connectivity index (χ2n) is 8.07. The minimum Gasteiger partial charge on any atom is -0.375 e. The Labute approximate surface area is 181 Å². The number of aromatic nitrogens is 3. The molecule has 7 heteroatoms. The summed E-state index contributed by atoms with van der Waals surface area (Å²) in [5, 5.41) is 8.78. The highest BCUT2D eigenvalue weighted by molar-refractivity contribution is 7.13. The molecule has 30 heavy (non-hydrogen) atoms. The fourth-order valence-electron chi connectivity index (χ4n) is 4.45. The first-order valence-corrected chi connectivity index (χ1v) is 11.3. The Bertz CT molecular complexity index is 941. The predicted octanol–water partition coefficient (Wildman–Crippen LogP) is 4.80. The van der Waals surface area contributed by atoms with Gasteiger partial charge in [0.2, 0.25) is 0 Å². The summed E-state index contributed by atoms with van der Waals surface area (Å²) in [5.74, 6) is 0.941. The van der Waals surface area contributed by atoms with Crippen molar-refractivity contribution in [1.29, 1.82) is 0 Å². The number of likely N-dealkylation sites (tertiary alicyclic amines) is 1. The zero-order valence-corrected chi connectivity index (χ0v) is 18.3. The molecule has 0 spiro atoms. The van der Waals surface area contributed by atoms with Gasteiger partial charge in [0.25, 0.3) is 5.91 Å². The van der Waals surface area contributed by atoms with Gasteiger partial charge in [-0.1, -0.05) is 13.0 Å². The lowest BCUT2D eigenvalue weighted by atomic mass is 9.85. The molecule has 1 N–H and O–H groups in total. The van der Waals surface area contributed by atoms with Gasteiger partial charge in [-0.25, -0.2) is 0 Å². The first kappa shape index (κ1) is 20.8. The van der Waals surface area contributed by atoms with E-state index in [4.69, 9.17) is 4.74 Å². The largest absolute Gasteiger partial charge is 0.375 e. The van der Waals surface area contributed by atoms with Crippen molar-refractivity contribution in [2.75, 3.05) is 20.2 Å². The van der Waals surface area contributed by atoms with Crippen LogP contribution in [0.3, 0.4) is 0 Å². The molecule has 0 aromatic carbocycles. The number of carbonyl (C=O) groups excluding carboxylic acids is 1. The number of hydrogen-bond acceptors (Lipinski definition) is 5. The van der Waals surface area contributed by atoms with Crippen LogP contribution in [-0.4, -0.2) is 46.2 Å². The van der Waals surface area contributed by atoms with E-state index in [0.717, 1.165) is 54.0 Å². The third-order valence-corrected chi connectivity index (χ3v) is 6.87. The molecule has 0 bridgehead atoms. The number of ether oxygens (including phenoxy) is 1. The summed E-state index contributed by atoms with van der Waals surface area (Å²) in [7, 11) is 1.75. The number of carbonyl (C=O) groups is 1. The Morgan fingerprint density at radius 3 is 3.07 bits per heavy atom. The van der Waals surface area contributed by atoms with Crippen molar-refractivity contribution in [1.82, 2.24) is 20.1 Å². The van der Waals surface area contributed by atoms with E-state index in [1.165, 1.54) is 0 Å². The van der Waals surface area contributed by atoms with Crippen LogP contribution in [-0.2, 0) is 4.74 Å². The summed E-state index contributed by atoms with van der Waals surface area (Å²) in [6, 6.07) is 7.93. The van der Waals surface area contributed by atoms with Gasteiger partial charge >= 0.3 is 0 Å². The molecular formula is C23H28N4O2S. The van der Waals surface area contributed by atoms with Gasteiger partial charge < -0.3 is 9.64 Å². The van der Waals surface area contributed by atoms with Crippen molar-refractivity contribution in [3.8, 4) is 10.4 Å². The van der Waals surface area contributed by atoms with E-state index in [2.05, 4.69) is 22.1 Å². The van der Waals surface area contributed by atoms with Crippen LogP contribution in [0.1, 0.15) is 48.3 Å². The van der Waals surface area contributed by atoms with E-state index in [1.807, 2.05) is 46.9 Å². The minimum atomic E-state index is -0.0216. The highest BCUT2D eigenvalue weighted by atomic mass is 32.1. The number of methoxy groups -OCH3 is 1. The fourth-order valence-corrected chi connectivity index (χ4v) is 5.31. The van der Waals surface area contributed by atoms with Crippen molar-refractivity contribution >= 4 is 17.2 Å². The Balaban J connectivity index is 1.39. The molecule has 1 fully saturated rings. The SMILES string of the molecule is COC(c1ccccn1)C(C)CC1CCCN(C(=O)c2csc(-c3cn[nH]c3)c2)C1. The van der Waals surface area contributed by atoms with E-state index in [-0.39, 0.29) is 12.0 Å². The molecule has 0 radical (unpaired) electrons. The fraction of sp³-hybridized carbons (Fsp3) is 0.435. The summed E-state index contributed by atoms with van der Waals surface area (Å²) in [5.41, 5.74) is 2.76. The Morgan fingerprint density at radius 2 is 2.33 bits per heavy atom. The molecule has 4 rings (SSSR count). The average molecular weight is 425 g/mol. The van der Waals surface area contributed by atoms with E-state index in [9.17, 15) is 4.79 Å². The maximum atomic E-state index is 13.1. The number of aromatic amines is 1. The van der Waals surface area contributed by atoms with Gasteiger partial charge in [0.05, 0.1) is 17.5 Å². The molecule has 4 heterocycles. The van der Waals surface area contributed by atoms with E-state index in [1.54, 1.807) is 24.6 Å². The van der Waals surface area contributed by atoms with Gasteiger partial charge in [0.1, 0.15) is 6.10 Å². The van der Waals surface area contributed by atoms with Crippen LogP contribution in [0.15, 0.2) is 48.2 Å². The lowest BCUT2D eigenvalue weighted by molar-refractivity contribution is 0.0353. The van der Waals surface area contributed by atoms with Crippen LogP contribution in [0, 0.1) is 11.8 Å². The van der Waals surface area contributed by atoms with Crippen LogP contribution in [0.4, 0.5) is 0 Å². The van der Waals surface area contributed by atoms with Crippen LogP contribution >= 0.6 is 11.3 Å². The zero-order chi connectivity index (χ0) is 20.9. The lowest BCUT2D eigenvalue weighted by Crippen LogP contribution is -2.40. The van der Waals surface area contributed by atoms with E-state index >= 15 is 0 Å². The predicted molar refractivity (Wildman–Crippen MR) is 118 cm³/mol. The Morgan fingerprint density at radius 1 is 1.43 bits per heavy atom. The number of amides is 1. The molecule has 3 atom stereocenters. The number of piperidine rings is 1. The van der Waals surface area contributed by atoms with Crippen molar-refractivity contribution in [2.24, 2.45) is 11.8 Å². The molecule has 0 aliphatic carbocycles. The highest BCUT2D eigenvalue weighted by Gasteiger charge is 2.29. The molecule has 0 saturated carbocycles. The molecule has 1 aliphatic heterocycles. The topological polar surface area (TPSA) is 71.1 Å². The number of hydrogen-bond donors (Lipinski definition) is 1. The quantitative estimate of drug-likeness (QED) is 0.591. The molecule has 1 amide bonds. The maximum absolute atomic E-state index is 13.1. The van der Waals surface area contributed by atoms with Crippen molar-refractivity contribution < 1.29 is 9.53 Å².